The van der Waals surface area contributed by atoms with Gasteiger partial charge in [-0.15, -0.1) is 0 Å². The average Bonchev–Trinajstić information content (AvgIpc) is 2.75. The molecule has 0 saturated heterocycles. The highest BCUT2D eigenvalue weighted by molar-refractivity contribution is 6.84. The summed E-state index contributed by atoms with van der Waals surface area (Å²) in [4.78, 5) is 12.3. The van der Waals surface area contributed by atoms with E-state index < -0.39 is 27.7 Å². The van der Waals surface area contributed by atoms with Crippen molar-refractivity contribution in [2.75, 3.05) is 20.1 Å². The van der Waals surface area contributed by atoms with Crippen molar-refractivity contribution < 1.29 is 8.91 Å². The molecule has 0 rings (SSSR count). The Balaban J connectivity index is 4.55. The summed E-state index contributed by atoms with van der Waals surface area (Å²) >= 11 is 0. The number of carbonyl (C=O) groups excluding carboxylic acids is 1. The van der Waals surface area contributed by atoms with Gasteiger partial charge < -0.3 is 14.7 Å². The molecule has 2 unspecified atom stereocenters. The number of hydrogen-bond acceptors (Lipinski definition) is 7. The highest BCUT2D eigenvalue weighted by Gasteiger charge is 2.32. The molecule has 33 heavy (non-hydrogen) atoms. The molecule has 2 atom stereocenters. The van der Waals surface area contributed by atoms with Gasteiger partial charge in [-0.1, -0.05) is 19.8 Å². The number of nitriles is 2. The number of amides is 1. The van der Waals surface area contributed by atoms with Crippen LogP contribution in [0, 0.1) is 22.7 Å². The summed E-state index contributed by atoms with van der Waals surface area (Å²) in [6.07, 6.45) is 3.78. The molecule has 0 aromatic rings. The normalized spacial score (nSPS) is 15.9. The van der Waals surface area contributed by atoms with E-state index in [1.54, 1.807) is 13.8 Å². The van der Waals surface area contributed by atoms with Crippen molar-refractivity contribution in [1.29, 1.82) is 10.5 Å². The van der Waals surface area contributed by atoms with Crippen LogP contribution in [0.3, 0.4) is 0 Å². The summed E-state index contributed by atoms with van der Waals surface area (Å²) in [5.41, 5.74) is -2.05. The first kappa shape index (κ1) is 31.4. The maximum absolute atomic E-state index is 12.3. The van der Waals surface area contributed by atoms with Crippen LogP contribution in [0.15, 0.2) is 10.2 Å². The molecule has 0 fully saturated rings. The summed E-state index contributed by atoms with van der Waals surface area (Å²) in [6, 6.07) is 6.43. The third kappa shape index (κ3) is 14.3. The molecule has 0 aromatic carbocycles. The summed E-state index contributed by atoms with van der Waals surface area (Å²) in [5.74, 6) is -0.0928. The summed E-state index contributed by atoms with van der Waals surface area (Å²) in [6.45, 7) is 16.1. The number of rotatable bonds is 17. The molecular formula is C23H46N6O2Si2. The van der Waals surface area contributed by atoms with E-state index in [0.29, 0.717) is 13.0 Å². The second-order valence-electron chi connectivity index (χ2n) is 10.5. The molecule has 0 aliphatic heterocycles. The minimum atomic E-state index is -1.77. The van der Waals surface area contributed by atoms with Crippen LogP contribution in [0.1, 0.15) is 59.3 Å². The van der Waals surface area contributed by atoms with E-state index in [-0.39, 0.29) is 18.7 Å². The summed E-state index contributed by atoms with van der Waals surface area (Å²) in [5, 5.41) is 33.5. The number of carbonyl (C=O) groups is 1. The van der Waals surface area contributed by atoms with Gasteiger partial charge in [0.05, 0.1) is 12.1 Å². The van der Waals surface area contributed by atoms with Gasteiger partial charge in [0.2, 0.25) is 5.91 Å². The van der Waals surface area contributed by atoms with Gasteiger partial charge in [0.15, 0.2) is 27.7 Å². The van der Waals surface area contributed by atoms with Gasteiger partial charge in [0.25, 0.3) is 0 Å². The van der Waals surface area contributed by atoms with Gasteiger partial charge in [0, 0.05) is 13.0 Å². The molecule has 8 nitrogen and oxygen atoms in total. The molecular weight excluding hydrogens is 448 g/mol. The van der Waals surface area contributed by atoms with Crippen LogP contribution >= 0.6 is 0 Å². The molecule has 0 aliphatic rings. The van der Waals surface area contributed by atoms with E-state index >= 15 is 0 Å². The lowest BCUT2D eigenvalue weighted by molar-refractivity contribution is -0.121. The van der Waals surface area contributed by atoms with Crippen LogP contribution in [0.5, 0.6) is 0 Å². The lowest BCUT2D eigenvalue weighted by Gasteiger charge is -2.34. The molecule has 0 heterocycles. The third-order valence-corrected chi connectivity index (χ3v) is 13.1. The zero-order chi connectivity index (χ0) is 25.6. The predicted octanol–water partition coefficient (Wildman–Crippen LogP) is 5.13. The fourth-order valence-corrected chi connectivity index (χ4v) is 12.1. The maximum atomic E-state index is 12.3. The fraction of sp³-hybridized carbons (Fsp3) is 0.870. The molecule has 0 spiro atoms. The van der Waals surface area contributed by atoms with E-state index in [9.17, 15) is 15.3 Å². The smallest absolute Gasteiger partial charge is 0.220 e. The Kier molecular flexibility index (Phi) is 13.9. The zero-order valence-corrected chi connectivity index (χ0v) is 24.2. The Labute approximate surface area is 203 Å². The minimum absolute atomic E-state index is 0.0928. The molecule has 10 heteroatoms. The van der Waals surface area contributed by atoms with Crippen LogP contribution in [0.25, 0.3) is 0 Å². The number of hydrogen-bond donors (Lipinski definition) is 2. The van der Waals surface area contributed by atoms with Crippen LogP contribution in [-0.4, -0.2) is 53.8 Å². The summed E-state index contributed by atoms with van der Waals surface area (Å²) < 4.78 is 6.57. The van der Waals surface area contributed by atoms with Gasteiger partial charge in [-0.3, -0.25) is 4.79 Å². The Hall–Kier alpha value is -1.60. The van der Waals surface area contributed by atoms with Crippen molar-refractivity contribution in [1.82, 2.24) is 10.6 Å². The standard InChI is InChI=1S/C23H46N6O2Si2/c1-9-10-13-22(2,19-24)28-29-23(3,20-25)14-12-21(30)27-15-11-17-32(5,6)31-33(7,8)18-16-26-4/h26H,9-18H2,1-8H3,(H,27,30). The van der Waals surface area contributed by atoms with Crippen molar-refractivity contribution in [3.8, 4) is 12.1 Å². The molecule has 0 aromatic heterocycles. The molecule has 188 valence electrons. The van der Waals surface area contributed by atoms with Crippen molar-refractivity contribution in [3.05, 3.63) is 0 Å². The second kappa shape index (κ2) is 14.6. The van der Waals surface area contributed by atoms with E-state index in [1.807, 2.05) is 7.05 Å². The SMILES string of the molecule is CCCCC(C)(C#N)N=NC(C)(C#N)CCC(=O)NCCC[Si](C)(C)O[Si](C)(C)CCNC. The lowest BCUT2D eigenvalue weighted by Crippen LogP contribution is -2.45. The van der Waals surface area contributed by atoms with Crippen LogP contribution in [0.2, 0.25) is 38.3 Å². The number of unbranched alkanes of at least 4 members (excludes halogenated alkanes) is 1. The lowest BCUT2D eigenvalue weighted by atomic mass is 9.97. The monoisotopic (exact) mass is 494 g/mol. The van der Waals surface area contributed by atoms with Crippen molar-refractivity contribution in [2.45, 2.75) is 109 Å². The van der Waals surface area contributed by atoms with Gasteiger partial charge in [-0.25, -0.2) is 0 Å². The third-order valence-electron chi connectivity index (χ3n) is 5.64. The zero-order valence-electron chi connectivity index (χ0n) is 22.2. The van der Waals surface area contributed by atoms with Gasteiger partial charge in [-0.05, 0) is 85.0 Å². The Morgan fingerprint density at radius 1 is 0.939 bits per heavy atom. The van der Waals surface area contributed by atoms with Gasteiger partial charge >= 0.3 is 0 Å². The number of nitrogens with zero attached hydrogens (tertiary/aromatic N) is 4. The Bertz CT molecular complexity index is 717. The highest BCUT2D eigenvalue weighted by Crippen LogP contribution is 2.24. The van der Waals surface area contributed by atoms with E-state index in [2.05, 4.69) is 66.1 Å². The number of nitrogens with one attached hydrogen (secondary N) is 2. The second-order valence-corrected chi connectivity index (χ2v) is 19.4. The van der Waals surface area contributed by atoms with Crippen LogP contribution in [0.4, 0.5) is 0 Å². The van der Waals surface area contributed by atoms with E-state index in [1.165, 1.54) is 0 Å². The first-order valence-electron chi connectivity index (χ1n) is 12.1. The number of azo groups is 1. The first-order chi connectivity index (χ1) is 15.3. The minimum Gasteiger partial charge on any atom is -0.455 e. The topological polar surface area (TPSA) is 123 Å². The van der Waals surface area contributed by atoms with Crippen molar-refractivity contribution in [3.63, 3.8) is 0 Å². The van der Waals surface area contributed by atoms with Gasteiger partial charge in [0.1, 0.15) is 0 Å². The van der Waals surface area contributed by atoms with Crippen LogP contribution < -0.4 is 10.6 Å². The fourth-order valence-electron chi connectivity index (χ4n) is 3.46. The molecule has 1 amide bonds. The molecule has 0 aliphatic carbocycles. The van der Waals surface area contributed by atoms with Crippen molar-refractivity contribution in [2.24, 2.45) is 10.2 Å². The average molecular weight is 495 g/mol. The maximum Gasteiger partial charge on any atom is 0.220 e. The molecule has 0 saturated carbocycles. The van der Waals surface area contributed by atoms with Crippen molar-refractivity contribution >= 4 is 22.5 Å². The van der Waals surface area contributed by atoms with E-state index in [0.717, 1.165) is 37.9 Å². The van der Waals surface area contributed by atoms with Crippen LogP contribution in [-0.2, 0) is 8.91 Å². The molecule has 0 bridgehead atoms. The Morgan fingerprint density at radius 2 is 1.48 bits per heavy atom. The molecule has 2 N–H and O–H groups in total. The highest BCUT2D eigenvalue weighted by atomic mass is 28.4. The quantitative estimate of drug-likeness (QED) is 0.165. The largest absolute Gasteiger partial charge is 0.455 e. The summed E-state index contributed by atoms with van der Waals surface area (Å²) in [7, 11) is -1.47. The van der Waals surface area contributed by atoms with E-state index in [4.69, 9.17) is 4.12 Å². The molecule has 0 radical (unpaired) electrons. The van der Waals surface area contributed by atoms with Gasteiger partial charge in [-0.2, -0.15) is 20.8 Å². The Morgan fingerprint density at radius 3 is 2.00 bits per heavy atom. The first-order valence-corrected chi connectivity index (χ1v) is 18.4. The predicted molar refractivity (Wildman–Crippen MR) is 139 cm³/mol.